The molecule has 0 amide bonds. The van der Waals surface area contributed by atoms with Crippen molar-refractivity contribution in [3.8, 4) is 0 Å². The molecule has 0 aromatic rings. The van der Waals surface area contributed by atoms with E-state index in [1.807, 2.05) is 0 Å². The van der Waals surface area contributed by atoms with Gasteiger partial charge in [0.2, 0.25) is 0 Å². The summed E-state index contributed by atoms with van der Waals surface area (Å²) in [5.74, 6) is 3.50. The molecule has 0 unspecified atom stereocenters. The number of hydrogen-bond acceptors (Lipinski definition) is 4. The Labute approximate surface area is 80.4 Å². The fourth-order valence-electron chi connectivity index (χ4n) is 0. The third kappa shape index (κ3) is 14.2. The van der Waals surface area contributed by atoms with Crippen LogP contribution in [0.3, 0.4) is 0 Å². The topological polar surface area (TPSA) is 101 Å². The van der Waals surface area contributed by atoms with Crippen molar-refractivity contribution in [2.45, 2.75) is 32.2 Å². The molecular formula is C5H14F3NO4S. The van der Waals surface area contributed by atoms with Crippen LogP contribution in [-0.2, 0) is 10.1 Å². The number of halogens is 3. The van der Waals surface area contributed by atoms with Gasteiger partial charge in [0.25, 0.3) is 0 Å². The summed E-state index contributed by atoms with van der Waals surface area (Å²) in [6.45, 7) is 4.36. The number of hydrogen-bond donors (Lipinski definition) is 3. The van der Waals surface area contributed by atoms with Gasteiger partial charge in [-0.15, -0.1) is 0 Å². The van der Waals surface area contributed by atoms with Crippen molar-refractivity contribution in [3.63, 3.8) is 0 Å². The molecule has 0 aliphatic carbocycles. The van der Waals surface area contributed by atoms with E-state index in [1.54, 1.807) is 0 Å². The lowest BCUT2D eigenvalue weighted by atomic mass is 10.4. The monoisotopic (exact) mass is 241 g/mol. The van der Waals surface area contributed by atoms with Crippen LogP contribution in [0.2, 0.25) is 0 Å². The van der Waals surface area contributed by atoms with E-state index in [0.29, 0.717) is 0 Å². The van der Waals surface area contributed by atoms with Crippen LogP contribution in [0.5, 0.6) is 0 Å². The highest BCUT2D eigenvalue weighted by Crippen LogP contribution is 2.20. The van der Waals surface area contributed by atoms with E-state index in [4.69, 9.17) is 18.2 Å². The lowest BCUT2D eigenvalue weighted by molar-refractivity contribution is -0.0510. The zero-order valence-electron chi connectivity index (χ0n) is 7.74. The highest BCUT2D eigenvalue weighted by molar-refractivity contribution is 7.86. The molecule has 0 saturated heterocycles. The van der Waals surface area contributed by atoms with E-state index >= 15 is 0 Å². The highest BCUT2D eigenvalue weighted by atomic mass is 32.2. The van der Waals surface area contributed by atoms with Gasteiger partial charge in [-0.25, -0.2) is 5.90 Å². The zero-order valence-corrected chi connectivity index (χ0v) is 8.56. The Balaban J connectivity index is -0.000000170. The summed E-state index contributed by atoms with van der Waals surface area (Å²) in [4.78, 5) is 0. The quantitative estimate of drug-likeness (QED) is 0.367. The molecule has 0 aromatic carbocycles. The first-order chi connectivity index (χ1) is 6.16. The van der Waals surface area contributed by atoms with Gasteiger partial charge >= 0.3 is 15.6 Å². The average Bonchev–Trinajstić information content (AvgIpc) is 2.05. The third-order valence-electron chi connectivity index (χ3n) is 0.792. The van der Waals surface area contributed by atoms with Crippen molar-refractivity contribution >= 4 is 10.1 Å². The smallest absolute Gasteiger partial charge is 0.320 e. The molecule has 0 radical (unpaired) electrons. The van der Waals surface area contributed by atoms with E-state index in [0.717, 1.165) is 0 Å². The largest absolute Gasteiger partial charge is 0.522 e. The Morgan fingerprint density at radius 1 is 1.14 bits per heavy atom. The Bertz CT molecular complexity index is 200. The normalized spacial score (nSPS) is 10.6. The van der Waals surface area contributed by atoms with Crippen LogP contribution in [0.4, 0.5) is 13.2 Å². The summed E-state index contributed by atoms with van der Waals surface area (Å²) in [6, 6.07) is 0. The van der Waals surface area contributed by atoms with Gasteiger partial charge in [0, 0.05) is 0 Å². The molecule has 0 atom stereocenters. The molecular weight excluding hydrogens is 227 g/mol. The molecule has 4 N–H and O–H groups in total. The molecule has 5 nitrogen and oxygen atoms in total. The van der Waals surface area contributed by atoms with Crippen LogP contribution >= 0.6 is 0 Å². The van der Waals surface area contributed by atoms with Gasteiger partial charge in [-0.1, -0.05) is 26.7 Å². The lowest BCUT2D eigenvalue weighted by Crippen LogP contribution is -2.21. The van der Waals surface area contributed by atoms with Gasteiger partial charge in [-0.05, 0) is 0 Å². The highest BCUT2D eigenvalue weighted by Gasteiger charge is 2.44. The number of alkyl halides is 3. The van der Waals surface area contributed by atoms with E-state index in [2.05, 4.69) is 19.7 Å². The second kappa shape index (κ2) is 9.19. The number of nitrogens with two attached hydrogens (primary N) is 1. The summed E-state index contributed by atoms with van der Waals surface area (Å²) in [6.07, 6.45) is 2.64. The molecule has 90 valence electrons. The third-order valence-corrected chi connectivity index (χ3v) is 1.38. The molecule has 14 heavy (non-hydrogen) atoms. The maximum Gasteiger partial charge on any atom is 0.522 e. The summed E-state index contributed by atoms with van der Waals surface area (Å²) >= 11 is 0. The molecule has 0 aromatic heterocycles. The maximum atomic E-state index is 10.7. The second-order valence-corrected chi connectivity index (χ2v) is 3.33. The van der Waals surface area contributed by atoms with Crippen LogP contribution in [0.25, 0.3) is 0 Å². The fraction of sp³-hybridized carbons (Fsp3) is 1.00. The van der Waals surface area contributed by atoms with E-state index < -0.39 is 15.6 Å². The molecule has 0 fully saturated rings. The molecule has 0 bridgehead atoms. The standard InChI is InChI=1S/C4H10.CHF3O3S.H3NO/c1-3-4-2;2-1(3,4)8(5,6)7;1-2/h3-4H2,1-2H3;(H,5,6,7);2H,1H2. The minimum Gasteiger partial charge on any atom is -0.320 e. The lowest BCUT2D eigenvalue weighted by Gasteiger charge is -1.97. The van der Waals surface area contributed by atoms with E-state index in [1.165, 1.54) is 12.8 Å². The first-order valence-corrected chi connectivity index (χ1v) is 4.90. The molecule has 0 aliphatic heterocycles. The molecule has 0 heterocycles. The maximum absolute atomic E-state index is 10.7. The van der Waals surface area contributed by atoms with Crippen LogP contribution in [0, 0.1) is 0 Å². The summed E-state index contributed by atoms with van der Waals surface area (Å²) in [5, 5.41) is 6.50. The fourth-order valence-corrected chi connectivity index (χ4v) is 0. The first-order valence-electron chi connectivity index (χ1n) is 3.46. The summed E-state index contributed by atoms with van der Waals surface area (Å²) in [5.41, 5.74) is -5.53. The zero-order chi connectivity index (χ0) is 12.4. The Hall–Kier alpha value is -0.380. The Morgan fingerprint density at radius 3 is 1.29 bits per heavy atom. The minimum atomic E-state index is -5.84. The summed E-state index contributed by atoms with van der Waals surface area (Å²) in [7, 11) is -5.84. The number of unbranched alkanes of at least 4 members (excludes halogenated alkanes) is 1. The van der Waals surface area contributed by atoms with Crippen molar-refractivity contribution in [1.29, 1.82) is 0 Å². The molecule has 0 saturated carbocycles. The van der Waals surface area contributed by atoms with Crippen molar-refractivity contribution in [2.75, 3.05) is 0 Å². The number of rotatable bonds is 1. The van der Waals surface area contributed by atoms with Crippen LogP contribution < -0.4 is 5.90 Å². The first kappa shape index (κ1) is 19.2. The van der Waals surface area contributed by atoms with Gasteiger partial charge in [0.15, 0.2) is 0 Å². The van der Waals surface area contributed by atoms with E-state index in [-0.39, 0.29) is 0 Å². The molecule has 9 heteroatoms. The second-order valence-electron chi connectivity index (χ2n) is 1.92. The molecule has 0 spiro atoms. The Kier molecular flexibility index (Phi) is 12.6. The molecule has 0 aliphatic rings. The predicted molar refractivity (Wildman–Crippen MR) is 44.2 cm³/mol. The molecule has 0 rings (SSSR count). The van der Waals surface area contributed by atoms with Crippen molar-refractivity contribution in [3.05, 3.63) is 0 Å². The van der Waals surface area contributed by atoms with Crippen molar-refractivity contribution in [2.24, 2.45) is 5.90 Å². The van der Waals surface area contributed by atoms with Crippen molar-refractivity contribution in [1.82, 2.24) is 0 Å². The van der Waals surface area contributed by atoms with Crippen molar-refractivity contribution < 1.29 is 31.3 Å². The van der Waals surface area contributed by atoms with Gasteiger partial charge in [-0.2, -0.15) is 21.6 Å². The van der Waals surface area contributed by atoms with Crippen LogP contribution in [0.1, 0.15) is 26.7 Å². The Morgan fingerprint density at radius 2 is 1.29 bits per heavy atom. The van der Waals surface area contributed by atoms with Gasteiger partial charge < -0.3 is 5.21 Å². The van der Waals surface area contributed by atoms with E-state index in [9.17, 15) is 13.2 Å². The average molecular weight is 241 g/mol. The van der Waals surface area contributed by atoms with Crippen LogP contribution in [0.15, 0.2) is 0 Å². The van der Waals surface area contributed by atoms with Gasteiger partial charge in [0.05, 0.1) is 0 Å². The SMILES string of the molecule is CCCC.NO.O=S(=O)(O)C(F)(F)F. The van der Waals surface area contributed by atoms with Gasteiger partial charge in [-0.3, -0.25) is 4.55 Å². The summed E-state index contributed by atoms with van der Waals surface area (Å²) < 4.78 is 57.5. The predicted octanol–water partition coefficient (Wildman–Crippen LogP) is 1.53. The van der Waals surface area contributed by atoms with Crippen LogP contribution in [-0.4, -0.2) is 23.7 Å². The minimum absolute atomic E-state index is 1.32. The van der Waals surface area contributed by atoms with Gasteiger partial charge in [0.1, 0.15) is 0 Å².